The van der Waals surface area contributed by atoms with Gasteiger partial charge in [-0.1, -0.05) is 110 Å². The van der Waals surface area contributed by atoms with Crippen LogP contribution in [0.25, 0.3) is 0 Å². The third kappa shape index (κ3) is 8.89. The van der Waals surface area contributed by atoms with E-state index in [2.05, 4.69) is 96.7 Å². The lowest BCUT2D eigenvalue weighted by atomic mass is 9.69. The average molecular weight is 436 g/mol. The van der Waals surface area contributed by atoms with Gasteiger partial charge in [0.15, 0.2) is 0 Å². The molecule has 0 aromatic heterocycles. The fraction of sp³-hybridized carbons (Fsp3) is 0.379. The van der Waals surface area contributed by atoms with Gasteiger partial charge in [0.25, 0.3) is 0 Å². The van der Waals surface area contributed by atoms with Crippen molar-refractivity contribution in [1.29, 1.82) is 0 Å². The maximum absolute atomic E-state index is 3.98. The molecule has 0 fully saturated rings. The Morgan fingerprint density at radius 3 is 1.23 bits per heavy atom. The van der Waals surface area contributed by atoms with Crippen LogP contribution in [0.5, 0.6) is 0 Å². The molecule has 0 aliphatic heterocycles. The molecule has 0 atom stereocenters. The Morgan fingerprint density at radius 1 is 0.484 bits per heavy atom. The van der Waals surface area contributed by atoms with E-state index in [-0.39, 0.29) is 17.8 Å². The van der Waals surface area contributed by atoms with Crippen molar-refractivity contribution in [3.05, 3.63) is 108 Å². The summed E-state index contributed by atoms with van der Waals surface area (Å²) >= 11 is 0. The number of rotatable bonds is 13. The lowest BCUT2D eigenvalue weighted by Gasteiger charge is -2.35. The van der Waals surface area contributed by atoms with E-state index in [0.717, 1.165) is 25.8 Å². The molecular weight excluding hydrogens is 398 g/mol. The van der Waals surface area contributed by atoms with Gasteiger partial charge in [-0.05, 0) is 60.6 Å². The summed E-state index contributed by atoms with van der Waals surface area (Å²) in [6.45, 7) is 1.07. The molecule has 0 heterocycles. The van der Waals surface area contributed by atoms with Gasteiger partial charge in [0.1, 0.15) is 0 Å². The molecule has 3 N–H and O–H groups in total. The minimum atomic E-state index is 0. The zero-order valence-corrected chi connectivity index (χ0v) is 19.6. The third-order valence-corrected chi connectivity index (χ3v) is 6.22. The molecule has 0 saturated carbocycles. The molecule has 0 amide bonds. The second-order valence-electron chi connectivity index (χ2n) is 8.86. The Bertz CT molecular complexity index is 716. The van der Waals surface area contributed by atoms with E-state index in [9.17, 15) is 0 Å². The summed E-state index contributed by atoms with van der Waals surface area (Å²) in [7, 11) is 0. The summed E-state index contributed by atoms with van der Waals surface area (Å²) in [6, 6.07) is 33.3. The smallest absolute Gasteiger partial charge is 0.0739 e. The predicted molar refractivity (Wildman–Crippen MR) is 128 cm³/mol. The van der Waals surface area contributed by atoms with E-state index >= 15 is 0 Å². The molecule has 1 nitrogen and oxygen atoms in total. The lowest BCUT2D eigenvalue weighted by molar-refractivity contribution is -0.368. The number of quaternary nitrogens is 1. The highest BCUT2D eigenvalue weighted by Crippen LogP contribution is 2.37. The van der Waals surface area contributed by atoms with E-state index in [1.807, 2.05) is 0 Å². The van der Waals surface area contributed by atoms with Crippen molar-refractivity contribution in [2.24, 2.45) is 5.41 Å². The van der Waals surface area contributed by atoms with E-state index < -0.39 is 0 Å². The highest BCUT2D eigenvalue weighted by Gasteiger charge is 2.30. The lowest BCUT2D eigenvalue weighted by Crippen LogP contribution is -3.00. The Labute approximate surface area is 195 Å². The van der Waals surface area contributed by atoms with Gasteiger partial charge in [0.2, 0.25) is 0 Å². The summed E-state index contributed by atoms with van der Waals surface area (Å²) in [5.41, 5.74) is 8.61. The first-order valence-electron chi connectivity index (χ1n) is 11.7. The standard InChI is InChI=1S/C29H37N.ClH/c30-22-14-3-1-2-13-21-29(23-26-15-7-4-8-16-26,24-27-17-9-5-10-18-27)25-28-19-11-6-12-20-28;/h4-12,15-20H,1-3,13-14,21-25,30H2;1H. The van der Waals surface area contributed by atoms with Gasteiger partial charge in [-0.25, -0.2) is 0 Å². The molecule has 0 spiro atoms. The van der Waals surface area contributed by atoms with Gasteiger partial charge >= 0.3 is 0 Å². The quantitative estimate of drug-likeness (QED) is 0.399. The SMILES string of the molecule is [Cl-].[NH3+]CCCCCCCC(Cc1ccccc1)(Cc1ccccc1)Cc1ccccc1. The predicted octanol–water partition coefficient (Wildman–Crippen LogP) is 3.29. The van der Waals surface area contributed by atoms with E-state index in [0.29, 0.717) is 0 Å². The van der Waals surface area contributed by atoms with Crippen molar-refractivity contribution in [3.8, 4) is 0 Å². The molecule has 166 valence electrons. The number of unbranched alkanes of at least 4 members (excludes halogenated alkanes) is 4. The summed E-state index contributed by atoms with van der Waals surface area (Å²) in [4.78, 5) is 0. The molecule has 0 aliphatic carbocycles. The van der Waals surface area contributed by atoms with Crippen molar-refractivity contribution < 1.29 is 18.1 Å². The molecule has 31 heavy (non-hydrogen) atoms. The van der Waals surface area contributed by atoms with Gasteiger partial charge in [-0.2, -0.15) is 0 Å². The molecule has 0 unspecified atom stereocenters. The first kappa shape index (κ1) is 25.2. The van der Waals surface area contributed by atoms with Crippen LogP contribution in [0.3, 0.4) is 0 Å². The number of halogens is 1. The van der Waals surface area contributed by atoms with Crippen LogP contribution in [-0.2, 0) is 19.3 Å². The first-order valence-corrected chi connectivity index (χ1v) is 11.7. The Kier molecular flexibility index (Phi) is 11.4. The minimum Gasteiger partial charge on any atom is -1.00 e. The van der Waals surface area contributed by atoms with Gasteiger partial charge in [-0.3, -0.25) is 0 Å². The second-order valence-corrected chi connectivity index (χ2v) is 8.86. The number of benzene rings is 3. The number of hydrogen-bond acceptors (Lipinski definition) is 0. The average Bonchev–Trinajstić information content (AvgIpc) is 2.78. The Balaban J connectivity index is 0.00000341. The third-order valence-electron chi connectivity index (χ3n) is 6.22. The first-order chi connectivity index (χ1) is 14.8. The van der Waals surface area contributed by atoms with Crippen LogP contribution in [-0.4, -0.2) is 6.54 Å². The number of hydrogen-bond donors (Lipinski definition) is 1. The van der Waals surface area contributed by atoms with Crippen molar-refractivity contribution in [2.75, 3.05) is 6.54 Å². The van der Waals surface area contributed by atoms with Crippen molar-refractivity contribution >= 4 is 0 Å². The summed E-state index contributed by atoms with van der Waals surface area (Å²) < 4.78 is 0. The summed E-state index contributed by atoms with van der Waals surface area (Å²) in [5.74, 6) is 0. The normalized spacial score (nSPS) is 11.1. The Hall–Kier alpha value is -2.09. The van der Waals surface area contributed by atoms with Gasteiger partial charge in [0.05, 0.1) is 6.54 Å². The second kappa shape index (κ2) is 14.1. The van der Waals surface area contributed by atoms with Gasteiger partial charge in [0, 0.05) is 0 Å². The zero-order chi connectivity index (χ0) is 20.9. The summed E-state index contributed by atoms with van der Waals surface area (Å²) in [5, 5.41) is 0. The van der Waals surface area contributed by atoms with E-state index in [1.54, 1.807) is 0 Å². The van der Waals surface area contributed by atoms with Crippen LogP contribution in [0.1, 0.15) is 55.2 Å². The van der Waals surface area contributed by atoms with Crippen LogP contribution in [0, 0.1) is 5.41 Å². The molecular formula is C29H38ClN. The largest absolute Gasteiger partial charge is 1.00 e. The molecule has 2 heteroatoms. The Morgan fingerprint density at radius 2 is 0.839 bits per heavy atom. The molecule has 3 aromatic rings. The van der Waals surface area contributed by atoms with Crippen LogP contribution < -0.4 is 18.1 Å². The van der Waals surface area contributed by atoms with Crippen LogP contribution in [0.4, 0.5) is 0 Å². The van der Waals surface area contributed by atoms with E-state index in [4.69, 9.17) is 0 Å². The van der Waals surface area contributed by atoms with Crippen molar-refractivity contribution in [2.45, 2.75) is 57.8 Å². The molecule has 0 radical (unpaired) electrons. The van der Waals surface area contributed by atoms with Gasteiger partial charge in [-0.15, -0.1) is 0 Å². The monoisotopic (exact) mass is 435 g/mol. The van der Waals surface area contributed by atoms with Crippen molar-refractivity contribution in [3.63, 3.8) is 0 Å². The molecule has 0 saturated heterocycles. The minimum absolute atomic E-state index is 0. The maximum Gasteiger partial charge on any atom is 0.0739 e. The molecule has 0 bridgehead atoms. The zero-order valence-electron chi connectivity index (χ0n) is 18.8. The van der Waals surface area contributed by atoms with Gasteiger partial charge < -0.3 is 18.1 Å². The van der Waals surface area contributed by atoms with Crippen molar-refractivity contribution in [1.82, 2.24) is 0 Å². The molecule has 0 aliphatic rings. The van der Waals surface area contributed by atoms with Crippen LogP contribution in [0.15, 0.2) is 91.0 Å². The van der Waals surface area contributed by atoms with E-state index in [1.165, 1.54) is 55.2 Å². The van der Waals surface area contributed by atoms with Crippen LogP contribution >= 0.6 is 0 Å². The highest BCUT2D eigenvalue weighted by molar-refractivity contribution is 5.24. The fourth-order valence-corrected chi connectivity index (χ4v) is 4.75. The molecule has 3 aromatic carbocycles. The fourth-order valence-electron chi connectivity index (χ4n) is 4.75. The maximum atomic E-state index is 3.98. The topological polar surface area (TPSA) is 27.6 Å². The highest BCUT2D eigenvalue weighted by atomic mass is 35.5. The van der Waals surface area contributed by atoms with Crippen LogP contribution in [0.2, 0.25) is 0 Å². The molecule has 3 rings (SSSR count). The summed E-state index contributed by atoms with van der Waals surface area (Å²) in [6.07, 6.45) is 11.3.